The minimum Gasteiger partial charge on any atom is -0.394 e. The third kappa shape index (κ3) is 2.60. The summed E-state index contributed by atoms with van der Waals surface area (Å²) >= 11 is 0. The van der Waals surface area contributed by atoms with Crippen LogP contribution in [0.3, 0.4) is 0 Å². The fourth-order valence-electron chi connectivity index (χ4n) is 2.57. The van der Waals surface area contributed by atoms with Crippen LogP contribution in [0.4, 0.5) is 0 Å². The molecule has 1 aliphatic rings. The molecular formula is C14H21N3O3. The SMILES string of the molecule is Cc1nc(C(C)C)[nH]c(=O)c1C(=O)N1CCC[C@@H]1CO. The smallest absolute Gasteiger partial charge is 0.264 e. The molecule has 0 unspecified atom stereocenters. The molecule has 0 radical (unpaired) electrons. The molecule has 2 rings (SSSR count). The van der Waals surface area contributed by atoms with Crippen LogP contribution in [0, 0.1) is 6.92 Å². The highest BCUT2D eigenvalue weighted by atomic mass is 16.3. The highest BCUT2D eigenvalue weighted by molar-refractivity contribution is 5.95. The predicted octanol–water partition coefficient (Wildman–Crippen LogP) is 0.799. The molecule has 2 heterocycles. The number of nitrogens with one attached hydrogen (secondary N) is 1. The second-order valence-electron chi connectivity index (χ2n) is 5.54. The van der Waals surface area contributed by atoms with Crippen molar-refractivity contribution in [1.29, 1.82) is 0 Å². The van der Waals surface area contributed by atoms with Gasteiger partial charge >= 0.3 is 0 Å². The van der Waals surface area contributed by atoms with Crippen LogP contribution in [0.2, 0.25) is 0 Å². The van der Waals surface area contributed by atoms with E-state index in [2.05, 4.69) is 9.97 Å². The minimum absolute atomic E-state index is 0.0692. The summed E-state index contributed by atoms with van der Waals surface area (Å²) in [7, 11) is 0. The lowest BCUT2D eigenvalue weighted by atomic mass is 10.1. The minimum atomic E-state index is -0.394. The molecule has 110 valence electrons. The zero-order valence-corrected chi connectivity index (χ0v) is 12.1. The number of aromatic amines is 1. The van der Waals surface area contributed by atoms with Crippen LogP contribution >= 0.6 is 0 Å². The van der Waals surface area contributed by atoms with E-state index < -0.39 is 5.56 Å². The van der Waals surface area contributed by atoms with Gasteiger partial charge in [0.15, 0.2) is 0 Å². The van der Waals surface area contributed by atoms with Gasteiger partial charge in [-0.1, -0.05) is 13.8 Å². The van der Waals surface area contributed by atoms with Crippen LogP contribution < -0.4 is 5.56 Å². The third-order valence-corrected chi connectivity index (χ3v) is 3.73. The van der Waals surface area contributed by atoms with Crippen LogP contribution in [0.1, 0.15) is 54.5 Å². The Morgan fingerprint density at radius 1 is 1.55 bits per heavy atom. The number of aliphatic hydroxyl groups is 1. The van der Waals surface area contributed by atoms with E-state index in [1.807, 2.05) is 13.8 Å². The van der Waals surface area contributed by atoms with Gasteiger partial charge in [0.25, 0.3) is 11.5 Å². The summed E-state index contributed by atoms with van der Waals surface area (Å²) in [4.78, 5) is 33.2. The van der Waals surface area contributed by atoms with Gasteiger partial charge in [0, 0.05) is 12.5 Å². The van der Waals surface area contributed by atoms with E-state index in [4.69, 9.17) is 0 Å². The molecule has 1 fully saturated rings. The van der Waals surface area contributed by atoms with Gasteiger partial charge in [0.2, 0.25) is 0 Å². The molecule has 1 atom stereocenters. The second-order valence-corrected chi connectivity index (χ2v) is 5.54. The maximum Gasteiger partial charge on any atom is 0.264 e. The summed E-state index contributed by atoms with van der Waals surface area (Å²) in [6.07, 6.45) is 1.63. The summed E-state index contributed by atoms with van der Waals surface area (Å²) < 4.78 is 0. The molecule has 1 saturated heterocycles. The van der Waals surface area contributed by atoms with Gasteiger partial charge in [-0.3, -0.25) is 9.59 Å². The van der Waals surface area contributed by atoms with Crippen molar-refractivity contribution in [1.82, 2.24) is 14.9 Å². The zero-order valence-electron chi connectivity index (χ0n) is 12.1. The molecule has 0 spiro atoms. The summed E-state index contributed by atoms with van der Waals surface area (Å²) in [6, 6.07) is -0.189. The molecule has 1 aliphatic heterocycles. The topological polar surface area (TPSA) is 86.3 Å². The Labute approximate surface area is 117 Å². The zero-order chi connectivity index (χ0) is 14.9. The van der Waals surface area contributed by atoms with Crippen LogP contribution in [0.15, 0.2) is 4.79 Å². The van der Waals surface area contributed by atoms with Crippen molar-refractivity contribution in [3.8, 4) is 0 Å². The molecule has 1 aromatic heterocycles. The van der Waals surface area contributed by atoms with E-state index in [1.165, 1.54) is 0 Å². The molecule has 6 heteroatoms. The van der Waals surface area contributed by atoms with Crippen molar-refractivity contribution in [3.63, 3.8) is 0 Å². The first kappa shape index (κ1) is 14.7. The normalized spacial score (nSPS) is 18.9. The number of hydrogen-bond acceptors (Lipinski definition) is 4. The number of hydrogen-bond donors (Lipinski definition) is 2. The summed E-state index contributed by atoms with van der Waals surface area (Å²) in [5.74, 6) is 0.356. The standard InChI is InChI=1S/C14H21N3O3/c1-8(2)12-15-9(3)11(13(19)16-12)14(20)17-6-4-5-10(17)7-18/h8,10,18H,4-7H2,1-3H3,(H,15,16,19)/t10-/m1/s1. The lowest BCUT2D eigenvalue weighted by Gasteiger charge is -2.23. The molecule has 0 saturated carbocycles. The Kier molecular flexibility index (Phi) is 4.23. The Bertz CT molecular complexity index is 565. The summed E-state index contributed by atoms with van der Waals surface area (Å²) in [5, 5.41) is 9.29. The number of aryl methyl sites for hydroxylation is 1. The largest absolute Gasteiger partial charge is 0.394 e. The molecule has 6 nitrogen and oxygen atoms in total. The van der Waals surface area contributed by atoms with Crippen LogP contribution in [-0.2, 0) is 0 Å². The Balaban J connectivity index is 2.38. The van der Waals surface area contributed by atoms with Crippen molar-refractivity contribution in [3.05, 3.63) is 27.4 Å². The van der Waals surface area contributed by atoms with Gasteiger partial charge in [-0.2, -0.15) is 0 Å². The van der Waals surface area contributed by atoms with Crippen molar-refractivity contribution in [2.75, 3.05) is 13.2 Å². The van der Waals surface area contributed by atoms with E-state index in [0.717, 1.165) is 12.8 Å². The van der Waals surface area contributed by atoms with Gasteiger partial charge in [-0.05, 0) is 19.8 Å². The lowest BCUT2D eigenvalue weighted by molar-refractivity contribution is 0.0674. The average molecular weight is 279 g/mol. The van der Waals surface area contributed by atoms with Crippen LogP contribution in [-0.4, -0.2) is 45.1 Å². The van der Waals surface area contributed by atoms with E-state index in [-0.39, 0.29) is 30.0 Å². The molecule has 1 aromatic rings. The molecule has 2 N–H and O–H groups in total. The number of rotatable bonds is 3. The number of amides is 1. The first-order valence-corrected chi connectivity index (χ1v) is 6.98. The maximum atomic E-state index is 12.5. The summed E-state index contributed by atoms with van der Waals surface area (Å²) in [6.45, 7) is 6.05. The number of aromatic nitrogens is 2. The van der Waals surface area contributed by atoms with Gasteiger partial charge in [0.1, 0.15) is 11.4 Å². The van der Waals surface area contributed by atoms with Crippen molar-refractivity contribution in [2.24, 2.45) is 0 Å². The first-order chi connectivity index (χ1) is 9.45. The van der Waals surface area contributed by atoms with Gasteiger partial charge in [-0.15, -0.1) is 0 Å². The van der Waals surface area contributed by atoms with Gasteiger partial charge in [-0.25, -0.2) is 4.98 Å². The van der Waals surface area contributed by atoms with E-state index in [0.29, 0.717) is 18.1 Å². The lowest BCUT2D eigenvalue weighted by Crippen LogP contribution is -2.41. The van der Waals surface area contributed by atoms with E-state index in [9.17, 15) is 14.7 Å². The van der Waals surface area contributed by atoms with Crippen LogP contribution in [0.25, 0.3) is 0 Å². The number of aliphatic hydroxyl groups excluding tert-OH is 1. The van der Waals surface area contributed by atoms with Crippen LogP contribution in [0.5, 0.6) is 0 Å². The molecule has 1 amide bonds. The molecule has 0 bridgehead atoms. The Hall–Kier alpha value is -1.69. The quantitative estimate of drug-likeness (QED) is 0.857. The van der Waals surface area contributed by atoms with Crippen molar-refractivity contribution in [2.45, 2.75) is 45.6 Å². The monoisotopic (exact) mass is 279 g/mol. The van der Waals surface area contributed by atoms with Gasteiger partial charge < -0.3 is 15.0 Å². The van der Waals surface area contributed by atoms with E-state index >= 15 is 0 Å². The van der Waals surface area contributed by atoms with Crippen molar-refractivity contribution >= 4 is 5.91 Å². The highest BCUT2D eigenvalue weighted by Crippen LogP contribution is 2.19. The Morgan fingerprint density at radius 3 is 2.80 bits per heavy atom. The number of H-pyrrole nitrogens is 1. The third-order valence-electron chi connectivity index (χ3n) is 3.73. The number of nitrogens with zero attached hydrogens (tertiary/aromatic N) is 2. The average Bonchev–Trinajstić information content (AvgIpc) is 2.85. The maximum absolute atomic E-state index is 12.5. The van der Waals surface area contributed by atoms with Crippen molar-refractivity contribution < 1.29 is 9.90 Å². The number of carbonyl (C=O) groups excluding carboxylic acids is 1. The predicted molar refractivity (Wildman–Crippen MR) is 74.8 cm³/mol. The number of likely N-dealkylation sites (tertiary alicyclic amines) is 1. The first-order valence-electron chi connectivity index (χ1n) is 6.98. The molecular weight excluding hydrogens is 258 g/mol. The molecule has 0 aromatic carbocycles. The Morgan fingerprint density at radius 2 is 2.25 bits per heavy atom. The number of carbonyl (C=O) groups is 1. The molecule has 20 heavy (non-hydrogen) atoms. The summed E-state index contributed by atoms with van der Waals surface area (Å²) in [5.41, 5.74) is 0.149. The second kappa shape index (κ2) is 5.75. The highest BCUT2D eigenvalue weighted by Gasteiger charge is 2.31. The van der Waals surface area contributed by atoms with Gasteiger partial charge in [0.05, 0.1) is 18.3 Å². The fraction of sp³-hybridized carbons (Fsp3) is 0.643. The fourth-order valence-corrected chi connectivity index (χ4v) is 2.57. The van der Waals surface area contributed by atoms with E-state index in [1.54, 1.807) is 11.8 Å². The molecule has 0 aliphatic carbocycles.